The largest absolute Gasteiger partial charge is 0.366 e. The molecule has 0 spiro atoms. The van der Waals surface area contributed by atoms with Gasteiger partial charge in [0.15, 0.2) is 0 Å². The van der Waals surface area contributed by atoms with Crippen molar-refractivity contribution < 1.29 is 4.79 Å². The van der Waals surface area contributed by atoms with Crippen molar-refractivity contribution in [2.24, 2.45) is 5.73 Å². The molecule has 1 aromatic heterocycles. The third-order valence-electron chi connectivity index (χ3n) is 2.16. The van der Waals surface area contributed by atoms with E-state index in [0.29, 0.717) is 0 Å². The average Bonchev–Trinajstić information content (AvgIpc) is 2.80. The molecule has 0 saturated carbocycles. The van der Waals surface area contributed by atoms with E-state index in [1.165, 1.54) is 16.5 Å². The lowest BCUT2D eigenvalue weighted by Gasteiger charge is -1.98. The lowest BCUT2D eigenvalue weighted by atomic mass is 10.1. The molecule has 2 N–H and O–H groups in total. The molecule has 2 rings (SSSR count). The van der Waals surface area contributed by atoms with Gasteiger partial charge in [-0.05, 0) is 28.6 Å². The zero-order valence-electron chi connectivity index (χ0n) is 8.59. The Morgan fingerprint density at radius 1 is 1.19 bits per heavy atom. The Morgan fingerprint density at radius 3 is 2.50 bits per heavy atom. The van der Waals surface area contributed by atoms with Crippen molar-refractivity contribution in [2.75, 3.05) is 0 Å². The highest BCUT2D eigenvalue weighted by Gasteiger charge is 1.97. The van der Waals surface area contributed by atoms with Gasteiger partial charge >= 0.3 is 0 Å². The minimum absolute atomic E-state index is 0.428. The standard InChI is InChI=1S/C13H11NOS/c14-13(15)8-5-10-3-6-11(7-4-10)12-2-1-9-16-12/h1-9H,(H2,14,15)/b8-5-. The molecule has 0 unspecified atom stereocenters. The number of carbonyl (C=O) groups excluding carboxylic acids is 1. The molecule has 0 aliphatic carbocycles. The summed E-state index contributed by atoms with van der Waals surface area (Å²) in [6, 6.07) is 12.1. The van der Waals surface area contributed by atoms with Gasteiger partial charge in [0.05, 0.1) is 0 Å². The maximum absolute atomic E-state index is 10.6. The summed E-state index contributed by atoms with van der Waals surface area (Å²) in [4.78, 5) is 11.8. The van der Waals surface area contributed by atoms with Crippen molar-refractivity contribution in [1.82, 2.24) is 0 Å². The molecule has 2 aromatic rings. The van der Waals surface area contributed by atoms with Crippen LogP contribution in [0, 0.1) is 0 Å². The van der Waals surface area contributed by atoms with Crippen molar-refractivity contribution in [1.29, 1.82) is 0 Å². The van der Waals surface area contributed by atoms with E-state index in [4.69, 9.17) is 5.73 Å². The molecule has 0 radical (unpaired) electrons. The molecule has 0 aliphatic rings. The number of carbonyl (C=O) groups is 1. The number of primary amides is 1. The molecule has 0 saturated heterocycles. The van der Waals surface area contributed by atoms with Crippen LogP contribution in [0.4, 0.5) is 0 Å². The molecular weight excluding hydrogens is 218 g/mol. The number of nitrogens with two attached hydrogens (primary N) is 1. The second-order valence-electron chi connectivity index (χ2n) is 3.34. The summed E-state index contributed by atoms with van der Waals surface area (Å²) in [5, 5.41) is 2.05. The van der Waals surface area contributed by atoms with E-state index in [0.717, 1.165) is 5.56 Å². The molecule has 0 aliphatic heterocycles. The van der Waals surface area contributed by atoms with Crippen molar-refractivity contribution in [2.45, 2.75) is 0 Å². The molecule has 0 atom stereocenters. The van der Waals surface area contributed by atoms with Crippen molar-refractivity contribution >= 4 is 23.3 Å². The first-order valence-electron chi connectivity index (χ1n) is 4.87. The van der Waals surface area contributed by atoms with Crippen LogP contribution in [0.2, 0.25) is 0 Å². The molecule has 3 heteroatoms. The van der Waals surface area contributed by atoms with E-state index in [1.807, 2.05) is 30.3 Å². The van der Waals surface area contributed by atoms with E-state index < -0.39 is 5.91 Å². The average molecular weight is 229 g/mol. The van der Waals surface area contributed by atoms with E-state index in [2.05, 4.69) is 11.4 Å². The van der Waals surface area contributed by atoms with Gasteiger partial charge in [-0.1, -0.05) is 30.3 Å². The minimum atomic E-state index is -0.428. The van der Waals surface area contributed by atoms with Crippen molar-refractivity contribution in [3.05, 3.63) is 53.4 Å². The number of thiophene rings is 1. The molecule has 1 amide bonds. The second-order valence-corrected chi connectivity index (χ2v) is 4.28. The molecule has 1 heterocycles. The first-order chi connectivity index (χ1) is 7.75. The van der Waals surface area contributed by atoms with Gasteiger partial charge in [0.2, 0.25) is 5.91 Å². The fourth-order valence-corrected chi connectivity index (χ4v) is 2.11. The summed E-state index contributed by atoms with van der Waals surface area (Å²) < 4.78 is 0. The number of amides is 1. The van der Waals surface area contributed by atoms with Crippen LogP contribution >= 0.6 is 11.3 Å². The SMILES string of the molecule is NC(=O)/C=C\c1ccc(-c2cccs2)cc1. The number of rotatable bonds is 3. The van der Waals surface area contributed by atoms with Gasteiger partial charge in [0.1, 0.15) is 0 Å². The fraction of sp³-hybridized carbons (Fsp3) is 0. The fourth-order valence-electron chi connectivity index (χ4n) is 1.38. The topological polar surface area (TPSA) is 43.1 Å². The Balaban J connectivity index is 2.20. The third-order valence-corrected chi connectivity index (χ3v) is 3.08. The van der Waals surface area contributed by atoms with Crippen LogP contribution < -0.4 is 5.73 Å². The lowest BCUT2D eigenvalue weighted by Crippen LogP contribution is -2.04. The van der Waals surface area contributed by atoms with Crippen LogP contribution in [0.5, 0.6) is 0 Å². The maximum atomic E-state index is 10.6. The molecule has 0 fully saturated rings. The van der Waals surface area contributed by atoms with E-state index in [-0.39, 0.29) is 0 Å². The summed E-state index contributed by atoms with van der Waals surface area (Å²) in [5.74, 6) is -0.428. The van der Waals surface area contributed by atoms with Gasteiger partial charge in [-0.15, -0.1) is 11.3 Å². The second kappa shape index (κ2) is 4.77. The van der Waals surface area contributed by atoms with Crippen LogP contribution in [0.3, 0.4) is 0 Å². The molecular formula is C13H11NOS. The van der Waals surface area contributed by atoms with E-state index >= 15 is 0 Å². The first-order valence-corrected chi connectivity index (χ1v) is 5.75. The summed E-state index contributed by atoms with van der Waals surface area (Å²) in [6.07, 6.45) is 3.07. The molecule has 80 valence electrons. The zero-order valence-corrected chi connectivity index (χ0v) is 9.41. The zero-order chi connectivity index (χ0) is 11.4. The van der Waals surface area contributed by atoms with Gasteiger partial charge < -0.3 is 5.73 Å². The molecule has 0 bridgehead atoms. The van der Waals surface area contributed by atoms with Gasteiger partial charge in [0, 0.05) is 11.0 Å². The maximum Gasteiger partial charge on any atom is 0.241 e. The predicted octanol–water partition coefficient (Wildman–Crippen LogP) is 2.91. The number of hydrogen-bond acceptors (Lipinski definition) is 2. The molecule has 16 heavy (non-hydrogen) atoms. The monoisotopic (exact) mass is 229 g/mol. The van der Waals surface area contributed by atoms with Crippen LogP contribution in [0.1, 0.15) is 5.56 Å². The summed E-state index contributed by atoms with van der Waals surface area (Å²) in [5.41, 5.74) is 7.18. The summed E-state index contributed by atoms with van der Waals surface area (Å²) in [6.45, 7) is 0. The van der Waals surface area contributed by atoms with Crippen LogP contribution in [-0.4, -0.2) is 5.91 Å². The van der Waals surface area contributed by atoms with Crippen LogP contribution in [-0.2, 0) is 4.79 Å². The third kappa shape index (κ3) is 2.58. The Labute approximate surface area is 98.0 Å². The Hall–Kier alpha value is -1.87. The number of benzene rings is 1. The van der Waals surface area contributed by atoms with Crippen LogP contribution in [0.15, 0.2) is 47.9 Å². The Morgan fingerprint density at radius 2 is 1.94 bits per heavy atom. The number of hydrogen-bond donors (Lipinski definition) is 1. The molecule has 2 nitrogen and oxygen atoms in total. The van der Waals surface area contributed by atoms with Crippen molar-refractivity contribution in [3.63, 3.8) is 0 Å². The minimum Gasteiger partial charge on any atom is -0.366 e. The Bertz CT molecular complexity index is 497. The van der Waals surface area contributed by atoms with Crippen LogP contribution in [0.25, 0.3) is 16.5 Å². The summed E-state index contributed by atoms with van der Waals surface area (Å²) >= 11 is 1.71. The van der Waals surface area contributed by atoms with E-state index in [9.17, 15) is 4.79 Å². The first kappa shape index (κ1) is 10.6. The lowest BCUT2D eigenvalue weighted by molar-refractivity contribution is -0.113. The molecule has 1 aromatic carbocycles. The van der Waals surface area contributed by atoms with Gasteiger partial charge in [0.25, 0.3) is 0 Å². The smallest absolute Gasteiger partial charge is 0.241 e. The van der Waals surface area contributed by atoms with Crippen molar-refractivity contribution in [3.8, 4) is 10.4 Å². The Kier molecular flexibility index (Phi) is 3.17. The van der Waals surface area contributed by atoms with E-state index in [1.54, 1.807) is 17.4 Å². The highest BCUT2D eigenvalue weighted by molar-refractivity contribution is 7.13. The normalized spacial score (nSPS) is 10.8. The highest BCUT2D eigenvalue weighted by Crippen LogP contribution is 2.24. The van der Waals surface area contributed by atoms with Gasteiger partial charge in [-0.3, -0.25) is 4.79 Å². The predicted molar refractivity (Wildman–Crippen MR) is 68.0 cm³/mol. The van der Waals surface area contributed by atoms with Gasteiger partial charge in [-0.2, -0.15) is 0 Å². The highest BCUT2D eigenvalue weighted by atomic mass is 32.1. The summed E-state index contributed by atoms with van der Waals surface area (Å²) in [7, 11) is 0. The quantitative estimate of drug-likeness (QED) is 0.808. The van der Waals surface area contributed by atoms with Gasteiger partial charge in [-0.25, -0.2) is 0 Å².